The second-order valence-electron chi connectivity index (χ2n) is 14.5. The number of pyridine rings is 3. The van der Waals surface area contributed by atoms with E-state index in [1.807, 2.05) is 35.5 Å². The first-order valence-corrected chi connectivity index (χ1v) is 17.8. The second kappa shape index (κ2) is 12.4. The third-order valence-electron chi connectivity index (χ3n) is 10.9. The first kappa shape index (κ1) is 31.8. The minimum Gasteiger partial charge on any atom is -0.378 e. The Morgan fingerprint density at radius 3 is 2.57 bits per heavy atom. The van der Waals surface area contributed by atoms with Crippen molar-refractivity contribution in [2.75, 3.05) is 54.5 Å². The minimum absolute atomic E-state index is 0.00979. The fraction of sp³-hybridized carbons (Fsp3) is 0.474. The van der Waals surface area contributed by atoms with Crippen LogP contribution in [0.15, 0.2) is 53.7 Å². The van der Waals surface area contributed by atoms with Crippen LogP contribution in [0.2, 0.25) is 0 Å². The van der Waals surface area contributed by atoms with Gasteiger partial charge in [0.2, 0.25) is 0 Å². The summed E-state index contributed by atoms with van der Waals surface area (Å²) in [6, 6.07) is 10.5. The van der Waals surface area contributed by atoms with Crippen LogP contribution in [0, 0.1) is 0 Å². The molecule has 4 aliphatic rings. The van der Waals surface area contributed by atoms with E-state index in [4.69, 9.17) is 14.7 Å². The summed E-state index contributed by atoms with van der Waals surface area (Å²) < 4.78 is 9.27. The first-order chi connectivity index (χ1) is 23.7. The van der Waals surface area contributed by atoms with Crippen molar-refractivity contribution >= 4 is 28.9 Å². The van der Waals surface area contributed by atoms with Crippen molar-refractivity contribution in [1.82, 2.24) is 24.0 Å². The Kier molecular flexibility index (Phi) is 8.07. The predicted molar refractivity (Wildman–Crippen MR) is 192 cm³/mol. The summed E-state index contributed by atoms with van der Waals surface area (Å²) in [5.41, 5.74) is 7.57. The lowest BCUT2D eigenvalue weighted by molar-refractivity contribution is -0.0741. The predicted octanol–water partition coefficient (Wildman–Crippen LogP) is 4.79. The van der Waals surface area contributed by atoms with Gasteiger partial charge in [-0.05, 0) is 87.4 Å². The highest BCUT2D eigenvalue weighted by atomic mass is 16.5. The number of hydrogen-bond acceptors (Lipinski definition) is 8. The third kappa shape index (κ3) is 5.62. The first-order valence-electron chi connectivity index (χ1n) is 17.8. The molecule has 256 valence electrons. The van der Waals surface area contributed by atoms with Gasteiger partial charge in [-0.2, -0.15) is 0 Å². The van der Waals surface area contributed by atoms with Crippen molar-refractivity contribution in [3.63, 3.8) is 0 Å². The maximum atomic E-state index is 13.9. The molecule has 2 fully saturated rings. The Balaban J connectivity index is 1.05. The maximum absolute atomic E-state index is 13.9. The number of ether oxygens (including phenoxy) is 1. The zero-order valence-corrected chi connectivity index (χ0v) is 29.0. The van der Waals surface area contributed by atoms with E-state index in [0.29, 0.717) is 36.3 Å². The van der Waals surface area contributed by atoms with Gasteiger partial charge in [0, 0.05) is 74.5 Å². The van der Waals surface area contributed by atoms with Gasteiger partial charge in [-0.1, -0.05) is 6.92 Å². The van der Waals surface area contributed by atoms with Crippen LogP contribution < -0.4 is 20.7 Å². The van der Waals surface area contributed by atoms with Crippen molar-refractivity contribution < 1.29 is 9.53 Å². The fourth-order valence-electron chi connectivity index (χ4n) is 8.30. The number of nitrogens with zero attached hydrogens (tertiary/aromatic N) is 7. The van der Waals surface area contributed by atoms with Crippen LogP contribution in [0.3, 0.4) is 0 Å². The van der Waals surface area contributed by atoms with Crippen LogP contribution in [-0.4, -0.2) is 80.9 Å². The number of rotatable bonds is 7. The molecule has 0 atom stereocenters. The Morgan fingerprint density at radius 2 is 1.84 bits per heavy atom. The van der Waals surface area contributed by atoms with Crippen molar-refractivity contribution in [1.29, 1.82) is 0 Å². The fourth-order valence-corrected chi connectivity index (χ4v) is 8.30. The number of fused-ring (bicyclic) bond motifs is 3. The third-order valence-corrected chi connectivity index (χ3v) is 10.9. The van der Waals surface area contributed by atoms with E-state index in [9.17, 15) is 9.59 Å². The molecule has 8 rings (SSSR count). The van der Waals surface area contributed by atoms with E-state index < -0.39 is 0 Å². The molecule has 0 bridgehead atoms. The van der Waals surface area contributed by atoms with Crippen LogP contribution in [0.4, 0.5) is 23.0 Å². The molecule has 0 spiro atoms. The molecule has 3 aliphatic heterocycles. The number of carbonyl (C=O) groups excluding carboxylic acids is 1. The zero-order valence-electron chi connectivity index (χ0n) is 29.0. The van der Waals surface area contributed by atoms with Gasteiger partial charge < -0.3 is 24.1 Å². The molecule has 1 N–H and O–H groups in total. The highest BCUT2D eigenvalue weighted by Crippen LogP contribution is 2.35. The highest BCUT2D eigenvalue weighted by Gasteiger charge is 2.38. The summed E-state index contributed by atoms with van der Waals surface area (Å²) in [6.45, 7) is 12.6. The van der Waals surface area contributed by atoms with Gasteiger partial charge in [-0.3, -0.25) is 19.4 Å². The van der Waals surface area contributed by atoms with E-state index in [1.165, 1.54) is 24.1 Å². The molecule has 0 unspecified atom stereocenters. The van der Waals surface area contributed by atoms with E-state index in [1.54, 1.807) is 17.8 Å². The molecule has 11 nitrogen and oxygen atoms in total. The number of nitrogens with one attached hydrogen (secondary N) is 1. The Labute approximate surface area is 287 Å². The second-order valence-corrected chi connectivity index (χ2v) is 14.5. The minimum atomic E-state index is -0.143. The molecule has 0 saturated carbocycles. The van der Waals surface area contributed by atoms with E-state index >= 15 is 0 Å². The zero-order chi connectivity index (χ0) is 33.9. The lowest BCUT2D eigenvalue weighted by atomic mass is 9.96. The molecule has 7 heterocycles. The molecule has 0 radical (unpaired) electrons. The number of carbonyl (C=O) groups is 1. The highest BCUT2D eigenvalue weighted by molar-refractivity contribution is 6.06. The smallest absolute Gasteiger partial charge is 0.276 e. The number of hydrogen-bond donors (Lipinski definition) is 1. The number of aromatic nitrogens is 4. The van der Waals surface area contributed by atoms with E-state index in [-0.39, 0.29) is 17.0 Å². The SMILES string of the molecule is CCc1c(-c2cc(Nc3ccc(N4CCN(C5COC5)CC4(C)C)cn3)c(=O)n(C)c2)ccnc1N1CCn2c(cc3c2CCCC3)C1=O. The average molecular weight is 663 g/mol. The van der Waals surface area contributed by atoms with Crippen LogP contribution in [0.5, 0.6) is 0 Å². The summed E-state index contributed by atoms with van der Waals surface area (Å²) in [4.78, 5) is 43.6. The van der Waals surface area contributed by atoms with Gasteiger partial charge in [0.15, 0.2) is 0 Å². The molecule has 1 amide bonds. The summed E-state index contributed by atoms with van der Waals surface area (Å²) in [5, 5.41) is 3.30. The van der Waals surface area contributed by atoms with Gasteiger partial charge in [0.25, 0.3) is 11.5 Å². The summed E-state index contributed by atoms with van der Waals surface area (Å²) in [5.74, 6) is 1.31. The Morgan fingerprint density at radius 1 is 1.00 bits per heavy atom. The van der Waals surface area contributed by atoms with Gasteiger partial charge in [-0.25, -0.2) is 9.97 Å². The summed E-state index contributed by atoms with van der Waals surface area (Å²) in [6.07, 6.45) is 10.7. The van der Waals surface area contributed by atoms with Crippen molar-refractivity contribution in [3.8, 4) is 11.1 Å². The molecular weight excluding hydrogens is 616 g/mol. The van der Waals surface area contributed by atoms with E-state index in [0.717, 1.165) is 80.3 Å². The number of amides is 1. The lowest BCUT2D eigenvalue weighted by Gasteiger charge is -2.51. The van der Waals surface area contributed by atoms with Crippen molar-refractivity contribution in [2.24, 2.45) is 7.05 Å². The van der Waals surface area contributed by atoms with Gasteiger partial charge in [0.1, 0.15) is 23.0 Å². The molecule has 4 aromatic heterocycles. The standard InChI is InChI=1S/C38H46N8O3/c1-5-29-30(12-13-39-35(29)45-16-15-44-32-9-7-6-8-25(32)19-33(44)37(45)48)26-18-31(36(47)42(4)21-26)41-34-11-10-27(20-40-34)46-17-14-43(24-38(46,2)3)28-22-49-23-28/h10-13,18-21,28H,5-9,14-17,22-24H2,1-4H3,(H,40,41). The van der Waals surface area contributed by atoms with Gasteiger partial charge in [-0.15, -0.1) is 0 Å². The number of aryl methyl sites for hydroxylation is 2. The van der Waals surface area contributed by atoms with Crippen LogP contribution in [0.25, 0.3) is 11.1 Å². The Bertz CT molecular complexity index is 1960. The number of piperazine rings is 1. The molecule has 11 heteroatoms. The van der Waals surface area contributed by atoms with Crippen LogP contribution in [-0.2, 0) is 37.6 Å². The molecular formula is C38H46N8O3. The monoisotopic (exact) mass is 662 g/mol. The maximum Gasteiger partial charge on any atom is 0.276 e. The normalized spacial score (nSPS) is 19.4. The van der Waals surface area contributed by atoms with Gasteiger partial charge >= 0.3 is 0 Å². The largest absolute Gasteiger partial charge is 0.378 e. The van der Waals surface area contributed by atoms with Crippen LogP contribution in [0.1, 0.15) is 60.9 Å². The van der Waals surface area contributed by atoms with Gasteiger partial charge in [0.05, 0.1) is 31.1 Å². The molecule has 1 aliphatic carbocycles. The van der Waals surface area contributed by atoms with E-state index in [2.05, 4.69) is 52.6 Å². The van der Waals surface area contributed by atoms with Crippen molar-refractivity contribution in [3.05, 3.63) is 81.8 Å². The lowest BCUT2D eigenvalue weighted by Crippen LogP contribution is -2.64. The number of anilines is 4. The molecule has 2 saturated heterocycles. The quantitative estimate of drug-likeness (QED) is 0.302. The van der Waals surface area contributed by atoms with Crippen molar-refractivity contribution in [2.45, 2.75) is 71.0 Å². The summed E-state index contributed by atoms with van der Waals surface area (Å²) >= 11 is 0. The molecule has 4 aromatic rings. The molecule has 0 aromatic carbocycles. The molecule has 49 heavy (non-hydrogen) atoms. The topological polar surface area (TPSA) is 101 Å². The Hall–Kier alpha value is -4.48. The van der Waals surface area contributed by atoms with Crippen LogP contribution >= 0.6 is 0 Å². The average Bonchev–Trinajstić information content (AvgIpc) is 3.46. The summed E-state index contributed by atoms with van der Waals surface area (Å²) in [7, 11) is 1.77.